The molecule has 1 saturated heterocycles. The average Bonchev–Trinajstić information content (AvgIpc) is 3.43. The van der Waals surface area contributed by atoms with E-state index in [4.69, 9.17) is 9.41 Å². The zero-order valence-electron chi connectivity index (χ0n) is 17.2. The first-order chi connectivity index (χ1) is 14.2. The summed E-state index contributed by atoms with van der Waals surface area (Å²) in [5.41, 5.74) is 0. The van der Waals surface area contributed by atoms with Crippen LogP contribution < -0.4 is 16.0 Å². The third kappa shape index (κ3) is 6.08. The topological polar surface area (TPSA) is 81.9 Å². The molecule has 3 N–H and O–H groups in total. The van der Waals surface area contributed by atoms with Crippen LogP contribution in [0.15, 0.2) is 45.3 Å². The lowest BCUT2D eigenvalue weighted by Gasteiger charge is -2.38. The molecule has 7 nitrogen and oxygen atoms in total. The summed E-state index contributed by atoms with van der Waals surface area (Å²) in [6.07, 6.45) is 3.89. The second kappa shape index (κ2) is 11.0. The van der Waals surface area contributed by atoms with E-state index in [9.17, 15) is 4.79 Å². The number of hydrogen-bond donors (Lipinski definition) is 3. The van der Waals surface area contributed by atoms with Crippen molar-refractivity contribution >= 4 is 23.2 Å². The van der Waals surface area contributed by atoms with Crippen LogP contribution in [0.25, 0.3) is 0 Å². The van der Waals surface area contributed by atoms with Crippen LogP contribution in [-0.4, -0.2) is 56.5 Å². The van der Waals surface area contributed by atoms with Crippen molar-refractivity contribution in [2.75, 3.05) is 39.8 Å². The molecule has 0 bridgehead atoms. The standard InChI is InChI=1S/C21H31N5O2S/c1-3-22-21(24-11-10-23-20(27)17-8-5-13-28-17)25-15-16-7-4-12-26(2)19(16)18-9-6-14-29-18/h5-6,8-9,13-14,16,19H,3-4,7,10-12,15H2,1-2H3,(H,23,27)(H2,22,24,25). The summed E-state index contributed by atoms with van der Waals surface area (Å²) in [6, 6.07) is 8.15. The number of rotatable bonds is 8. The van der Waals surface area contributed by atoms with Gasteiger partial charge in [0.15, 0.2) is 11.7 Å². The van der Waals surface area contributed by atoms with E-state index in [1.54, 1.807) is 12.1 Å². The molecule has 29 heavy (non-hydrogen) atoms. The van der Waals surface area contributed by atoms with Crippen molar-refractivity contribution in [3.8, 4) is 0 Å². The molecule has 0 radical (unpaired) electrons. The quantitative estimate of drug-likeness (QED) is 0.350. The Kier molecular flexibility index (Phi) is 8.13. The number of carbonyl (C=O) groups is 1. The Bertz CT molecular complexity index is 760. The van der Waals surface area contributed by atoms with E-state index in [0.29, 0.717) is 30.8 Å². The number of thiophene rings is 1. The van der Waals surface area contributed by atoms with Crippen molar-refractivity contribution < 1.29 is 9.21 Å². The molecule has 2 atom stereocenters. The average molecular weight is 418 g/mol. The summed E-state index contributed by atoms with van der Waals surface area (Å²) >= 11 is 1.83. The number of carbonyl (C=O) groups excluding carboxylic acids is 1. The van der Waals surface area contributed by atoms with Crippen LogP contribution in [0, 0.1) is 5.92 Å². The molecule has 3 rings (SSSR count). The number of furan rings is 1. The lowest BCUT2D eigenvalue weighted by atomic mass is 9.88. The van der Waals surface area contributed by atoms with Gasteiger partial charge >= 0.3 is 0 Å². The minimum absolute atomic E-state index is 0.206. The lowest BCUT2D eigenvalue weighted by Crippen LogP contribution is -2.42. The van der Waals surface area contributed by atoms with E-state index in [1.165, 1.54) is 24.0 Å². The highest BCUT2D eigenvalue weighted by molar-refractivity contribution is 7.10. The summed E-state index contributed by atoms with van der Waals surface area (Å²) in [5, 5.41) is 11.6. The smallest absolute Gasteiger partial charge is 0.287 e. The molecule has 1 aliphatic rings. The van der Waals surface area contributed by atoms with Crippen LogP contribution in [-0.2, 0) is 0 Å². The lowest BCUT2D eigenvalue weighted by molar-refractivity contribution is 0.0926. The number of amides is 1. The maximum atomic E-state index is 11.9. The largest absolute Gasteiger partial charge is 0.459 e. The number of guanidine groups is 1. The first-order valence-electron chi connectivity index (χ1n) is 10.3. The molecule has 1 fully saturated rings. The maximum Gasteiger partial charge on any atom is 0.287 e. The van der Waals surface area contributed by atoms with Crippen molar-refractivity contribution in [2.24, 2.45) is 10.9 Å². The van der Waals surface area contributed by atoms with Gasteiger partial charge in [0.2, 0.25) is 0 Å². The Morgan fingerprint density at radius 1 is 1.28 bits per heavy atom. The molecule has 2 aromatic rings. The predicted octanol–water partition coefficient (Wildman–Crippen LogP) is 2.71. The van der Waals surface area contributed by atoms with Gasteiger partial charge in [0.1, 0.15) is 0 Å². The van der Waals surface area contributed by atoms with Crippen LogP contribution in [0.5, 0.6) is 0 Å². The molecule has 0 aliphatic carbocycles. The fraction of sp³-hybridized carbons (Fsp3) is 0.524. The van der Waals surface area contributed by atoms with Crippen molar-refractivity contribution in [2.45, 2.75) is 25.8 Å². The first kappa shape index (κ1) is 21.4. The van der Waals surface area contributed by atoms with E-state index in [-0.39, 0.29) is 5.91 Å². The maximum absolute atomic E-state index is 11.9. The fourth-order valence-corrected chi connectivity index (χ4v) is 4.75. The van der Waals surface area contributed by atoms with Gasteiger partial charge in [0.05, 0.1) is 6.26 Å². The first-order valence-corrected chi connectivity index (χ1v) is 11.1. The molecule has 158 valence electrons. The molecule has 3 heterocycles. The summed E-state index contributed by atoms with van der Waals surface area (Å²) in [5.74, 6) is 1.41. The number of nitrogens with zero attached hydrogens (tertiary/aromatic N) is 2. The Morgan fingerprint density at radius 2 is 2.14 bits per heavy atom. The second-order valence-electron chi connectivity index (χ2n) is 7.22. The zero-order chi connectivity index (χ0) is 20.5. The van der Waals surface area contributed by atoms with Crippen molar-refractivity contribution in [3.05, 3.63) is 46.5 Å². The van der Waals surface area contributed by atoms with Crippen LogP contribution in [0.2, 0.25) is 0 Å². The Hall–Kier alpha value is -2.32. The molecule has 1 amide bonds. The number of piperidine rings is 1. The van der Waals surface area contributed by atoms with Gasteiger partial charge in [-0.2, -0.15) is 0 Å². The van der Waals surface area contributed by atoms with E-state index in [0.717, 1.165) is 25.6 Å². The summed E-state index contributed by atoms with van der Waals surface area (Å²) in [4.78, 5) is 20.6. The van der Waals surface area contributed by atoms with Crippen LogP contribution in [0.1, 0.15) is 41.2 Å². The normalized spacial score (nSPS) is 20.4. The number of hydrogen-bond acceptors (Lipinski definition) is 5. The van der Waals surface area contributed by atoms with Gasteiger partial charge in [-0.25, -0.2) is 0 Å². The third-order valence-corrected chi connectivity index (χ3v) is 6.06. The van der Waals surface area contributed by atoms with Crippen molar-refractivity contribution in [1.29, 1.82) is 0 Å². The zero-order valence-corrected chi connectivity index (χ0v) is 18.0. The van der Waals surface area contributed by atoms with Crippen molar-refractivity contribution in [3.63, 3.8) is 0 Å². The number of likely N-dealkylation sites (tertiary alicyclic amines) is 1. The molecule has 0 aromatic carbocycles. The monoisotopic (exact) mass is 417 g/mol. The van der Waals surface area contributed by atoms with Crippen LogP contribution in [0.4, 0.5) is 0 Å². The van der Waals surface area contributed by atoms with E-state index < -0.39 is 0 Å². The van der Waals surface area contributed by atoms with E-state index in [2.05, 4.69) is 52.3 Å². The fourth-order valence-electron chi connectivity index (χ4n) is 3.76. The predicted molar refractivity (Wildman–Crippen MR) is 117 cm³/mol. The third-order valence-electron chi connectivity index (χ3n) is 5.12. The Labute approximate surface area is 176 Å². The van der Waals surface area contributed by atoms with Gasteiger partial charge < -0.3 is 20.4 Å². The SMILES string of the molecule is CCNC(=NCC1CCCN(C)C1c1cccs1)NCCNC(=O)c1ccco1. The minimum atomic E-state index is -0.206. The number of aliphatic imine (C=N–C) groups is 1. The molecule has 0 spiro atoms. The van der Waals surface area contributed by atoms with Crippen LogP contribution in [0.3, 0.4) is 0 Å². The van der Waals surface area contributed by atoms with E-state index >= 15 is 0 Å². The molecule has 1 aliphatic heterocycles. The summed E-state index contributed by atoms with van der Waals surface area (Å²) in [7, 11) is 2.21. The highest BCUT2D eigenvalue weighted by atomic mass is 32.1. The molecule has 8 heteroatoms. The van der Waals surface area contributed by atoms with Gasteiger partial charge in [-0.3, -0.25) is 14.7 Å². The molecule has 0 saturated carbocycles. The number of nitrogens with one attached hydrogen (secondary N) is 3. The van der Waals surface area contributed by atoms with Gasteiger partial charge in [0.25, 0.3) is 5.91 Å². The Morgan fingerprint density at radius 3 is 2.86 bits per heavy atom. The molecular formula is C21H31N5O2S. The van der Waals surface area contributed by atoms with Gasteiger partial charge in [0, 0.05) is 37.1 Å². The second-order valence-corrected chi connectivity index (χ2v) is 8.20. The van der Waals surface area contributed by atoms with Gasteiger partial charge in [-0.1, -0.05) is 6.07 Å². The molecule has 2 aromatic heterocycles. The van der Waals surface area contributed by atoms with Crippen molar-refractivity contribution in [1.82, 2.24) is 20.9 Å². The minimum Gasteiger partial charge on any atom is -0.459 e. The Balaban J connectivity index is 1.51. The van der Waals surface area contributed by atoms with Gasteiger partial charge in [-0.15, -0.1) is 11.3 Å². The highest BCUT2D eigenvalue weighted by Crippen LogP contribution is 2.37. The van der Waals surface area contributed by atoms with Crippen LogP contribution >= 0.6 is 11.3 Å². The van der Waals surface area contributed by atoms with Gasteiger partial charge in [-0.05, 0) is 62.9 Å². The molecule has 2 unspecified atom stereocenters. The summed E-state index contributed by atoms with van der Waals surface area (Å²) in [6.45, 7) is 5.85. The van der Waals surface area contributed by atoms with E-state index in [1.807, 2.05) is 11.3 Å². The summed E-state index contributed by atoms with van der Waals surface area (Å²) < 4.78 is 5.10. The molecular weight excluding hydrogens is 386 g/mol. The highest BCUT2D eigenvalue weighted by Gasteiger charge is 2.31.